The lowest BCUT2D eigenvalue weighted by Crippen LogP contribution is -2.41. The molecule has 5 heteroatoms. The summed E-state index contributed by atoms with van der Waals surface area (Å²) in [5.74, 6) is 0.104. The number of hydrogen-bond acceptors (Lipinski definition) is 2. The van der Waals surface area contributed by atoms with Gasteiger partial charge in [0.05, 0.1) is 0 Å². The van der Waals surface area contributed by atoms with E-state index in [1.165, 1.54) is 12.1 Å². The monoisotopic (exact) mass is 329 g/mol. The maximum atomic E-state index is 13.5. The van der Waals surface area contributed by atoms with Gasteiger partial charge in [0.2, 0.25) is 0 Å². The van der Waals surface area contributed by atoms with Gasteiger partial charge in [0, 0.05) is 17.6 Å². The zero-order chi connectivity index (χ0) is 13.8. The number of piperidine rings is 1. The molecule has 1 heterocycles. The summed E-state index contributed by atoms with van der Waals surface area (Å²) in [6, 6.07) is 4.53. The van der Waals surface area contributed by atoms with Crippen molar-refractivity contribution in [3.8, 4) is 5.75 Å². The average Bonchev–Trinajstić information content (AvgIpc) is 2.37. The molecule has 0 aromatic heterocycles. The van der Waals surface area contributed by atoms with Gasteiger partial charge < -0.3 is 9.64 Å². The summed E-state index contributed by atoms with van der Waals surface area (Å²) < 4.78 is 19.4. The molecule has 1 atom stereocenters. The zero-order valence-electron chi connectivity index (χ0n) is 10.9. The van der Waals surface area contributed by atoms with Gasteiger partial charge in [0.1, 0.15) is 0 Å². The maximum Gasteiger partial charge on any atom is 0.260 e. The van der Waals surface area contributed by atoms with Gasteiger partial charge in [-0.3, -0.25) is 4.79 Å². The lowest BCUT2D eigenvalue weighted by Gasteiger charge is -2.30. The molecule has 0 bridgehead atoms. The van der Waals surface area contributed by atoms with Crippen molar-refractivity contribution in [3.63, 3.8) is 0 Å². The molecule has 1 aromatic carbocycles. The van der Waals surface area contributed by atoms with E-state index in [1.54, 1.807) is 11.0 Å². The number of hydrogen-bond donors (Lipinski definition) is 0. The Balaban J connectivity index is 1.89. The van der Waals surface area contributed by atoms with E-state index in [0.29, 0.717) is 10.4 Å². The first-order valence-corrected chi connectivity index (χ1v) is 7.21. The van der Waals surface area contributed by atoms with Crippen LogP contribution in [0.1, 0.15) is 19.8 Å². The third-order valence-electron chi connectivity index (χ3n) is 3.25. The number of ether oxygens (including phenoxy) is 1. The first kappa shape index (κ1) is 14.3. The molecule has 0 spiro atoms. The van der Waals surface area contributed by atoms with Crippen molar-refractivity contribution in [2.75, 3.05) is 19.7 Å². The van der Waals surface area contributed by atoms with Crippen LogP contribution in [-0.4, -0.2) is 30.5 Å². The van der Waals surface area contributed by atoms with Crippen molar-refractivity contribution in [1.29, 1.82) is 0 Å². The quantitative estimate of drug-likeness (QED) is 0.852. The average molecular weight is 330 g/mol. The van der Waals surface area contributed by atoms with Crippen LogP contribution in [0.5, 0.6) is 5.75 Å². The van der Waals surface area contributed by atoms with Crippen LogP contribution in [0.25, 0.3) is 0 Å². The zero-order valence-corrected chi connectivity index (χ0v) is 12.5. The minimum atomic E-state index is -0.464. The summed E-state index contributed by atoms with van der Waals surface area (Å²) >= 11 is 3.17. The van der Waals surface area contributed by atoms with Gasteiger partial charge >= 0.3 is 0 Å². The van der Waals surface area contributed by atoms with Gasteiger partial charge in [-0.05, 0) is 37.0 Å². The number of benzene rings is 1. The van der Waals surface area contributed by atoms with Crippen molar-refractivity contribution in [3.05, 3.63) is 28.5 Å². The molecule has 1 fully saturated rings. The number of carbonyl (C=O) groups is 1. The van der Waals surface area contributed by atoms with E-state index in [2.05, 4.69) is 22.9 Å². The molecular formula is C14H17BrFNO2. The first-order valence-electron chi connectivity index (χ1n) is 6.42. The Morgan fingerprint density at radius 3 is 3.05 bits per heavy atom. The van der Waals surface area contributed by atoms with Crippen LogP contribution >= 0.6 is 15.9 Å². The van der Waals surface area contributed by atoms with Crippen LogP contribution in [0.2, 0.25) is 0 Å². The van der Waals surface area contributed by atoms with Crippen molar-refractivity contribution >= 4 is 21.8 Å². The molecule has 0 N–H and O–H groups in total. The molecule has 1 aromatic rings. The Morgan fingerprint density at radius 1 is 1.58 bits per heavy atom. The molecule has 1 saturated heterocycles. The highest BCUT2D eigenvalue weighted by Crippen LogP contribution is 2.22. The van der Waals surface area contributed by atoms with Crippen molar-refractivity contribution < 1.29 is 13.9 Å². The van der Waals surface area contributed by atoms with Crippen LogP contribution in [0.15, 0.2) is 22.7 Å². The molecule has 1 amide bonds. The molecule has 3 nitrogen and oxygen atoms in total. The van der Waals surface area contributed by atoms with E-state index in [9.17, 15) is 9.18 Å². The van der Waals surface area contributed by atoms with Gasteiger partial charge in [0.25, 0.3) is 5.91 Å². The van der Waals surface area contributed by atoms with Crippen molar-refractivity contribution in [2.24, 2.45) is 5.92 Å². The Morgan fingerprint density at radius 2 is 2.37 bits per heavy atom. The third kappa shape index (κ3) is 3.93. The summed E-state index contributed by atoms with van der Waals surface area (Å²) in [4.78, 5) is 13.8. The van der Waals surface area contributed by atoms with Gasteiger partial charge in [0.15, 0.2) is 18.2 Å². The van der Waals surface area contributed by atoms with Crippen LogP contribution in [0.3, 0.4) is 0 Å². The normalized spacial score (nSPS) is 19.3. The topological polar surface area (TPSA) is 29.5 Å². The summed E-state index contributed by atoms with van der Waals surface area (Å²) in [7, 11) is 0. The van der Waals surface area contributed by atoms with Crippen LogP contribution in [0, 0.1) is 11.7 Å². The molecular weight excluding hydrogens is 313 g/mol. The molecule has 1 aliphatic rings. The molecule has 19 heavy (non-hydrogen) atoms. The van der Waals surface area contributed by atoms with Crippen LogP contribution in [0.4, 0.5) is 4.39 Å². The van der Waals surface area contributed by atoms with Crippen LogP contribution < -0.4 is 4.74 Å². The molecule has 2 rings (SSSR count). The Bertz CT molecular complexity index is 467. The molecule has 1 unspecified atom stereocenters. The number of nitrogens with zero attached hydrogens (tertiary/aromatic N) is 1. The second-order valence-corrected chi connectivity index (χ2v) is 5.87. The second-order valence-electron chi connectivity index (χ2n) is 4.95. The standard InChI is InChI=1S/C14H17BrFNO2/c1-10-3-2-6-17(8-10)14(18)9-19-13-5-4-11(15)7-12(13)16/h4-5,7,10H,2-3,6,8-9H2,1H3. The smallest absolute Gasteiger partial charge is 0.260 e. The fourth-order valence-corrected chi connectivity index (χ4v) is 2.57. The van der Waals surface area contributed by atoms with E-state index in [-0.39, 0.29) is 18.3 Å². The SMILES string of the molecule is CC1CCCN(C(=O)COc2ccc(Br)cc2F)C1. The third-order valence-corrected chi connectivity index (χ3v) is 3.75. The summed E-state index contributed by atoms with van der Waals surface area (Å²) in [6.45, 7) is 3.57. The van der Waals surface area contributed by atoms with Crippen molar-refractivity contribution in [2.45, 2.75) is 19.8 Å². The minimum Gasteiger partial charge on any atom is -0.481 e. The Hall–Kier alpha value is -1.10. The van der Waals surface area contributed by atoms with E-state index >= 15 is 0 Å². The summed E-state index contributed by atoms with van der Waals surface area (Å²) in [5, 5.41) is 0. The molecule has 0 saturated carbocycles. The predicted octanol–water partition coefficient (Wildman–Crippen LogP) is 3.23. The van der Waals surface area contributed by atoms with Crippen molar-refractivity contribution in [1.82, 2.24) is 4.90 Å². The second kappa shape index (κ2) is 6.37. The van der Waals surface area contributed by atoms with E-state index in [1.807, 2.05) is 0 Å². The number of carbonyl (C=O) groups excluding carboxylic acids is 1. The molecule has 0 aliphatic carbocycles. The fraction of sp³-hybridized carbons (Fsp3) is 0.500. The summed E-state index contributed by atoms with van der Waals surface area (Å²) in [6.07, 6.45) is 2.19. The highest BCUT2D eigenvalue weighted by atomic mass is 79.9. The van der Waals surface area contributed by atoms with Gasteiger partial charge in [-0.2, -0.15) is 0 Å². The number of likely N-dealkylation sites (tertiary alicyclic amines) is 1. The Kier molecular flexibility index (Phi) is 4.80. The lowest BCUT2D eigenvalue weighted by atomic mass is 10.0. The van der Waals surface area contributed by atoms with E-state index in [4.69, 9.17) is 4.74 Å². The largest absolute Gasteiger partial charge is 0.481 e. The van der Waals surface area contributed by atoms with E-state index in [0.717, 1.165) is 25.9 Å². The van der Waals surface area contributed by atoms with Gasteiger partial charge in [-0.25, -0.2) is 4.39 Å². The van der Waals surface area contributed by atoms with E-state index < -0.39 is 5.82 Å². The minimum absolute atomic E-state index is 0.0751. The highest BCUT2D eigenvalue weighted by molar-refractivity contribution is 9.10. The molecule has 0 radical (unpaired) electrons. The number of rotatable bonds is 3. The first-order chi connectivity index (χ1) is 9.06. The maximum absolute atomic E-state index is 13.5. The number of halogens is 2. The van der Waals surface area contributed by atoms with Gasteiger partial charge in [-0.15, -0.1) is 0 Å². The van der Waals surface area contributed by atoms with Crippen LogP contribution in [-0.2, 0) is 4.79 Å². The van der Waals surface area contributed by atoms with Gasteiger partial charge in [-0.1, -0.05) is 22.9 Å². The summed E-state index contributed by atoms with van der Waals surface area (Å²) in [5.41, 5.74) is 0. The fourth-order valence-electron chi connectivity index (χ4n) is 2.24. The molecule has 104 valence electrons. The number of amides is 1. The predicted molar refractivity (Wildman–Crippen MR) is 74.6 cm³/mol. The highest BCUT2D eigenvalue weighted by Gasteiger charge is 2.21. The lowest BCUT2D eigenvalue weighted by molar-refractivity contribution is -0.135. The molecule has 1 aliphatic heterocycles. The Labute approximate surface area is 120 Å².